The summed E-state index contributed by atoms with van der Waals surface area (Å²) < 4.78 is 6.85. The monoisotopic (exact) mass is 363 g/mol. The smallest absolute Gasteiger partial charge is 0.263 e. The van der Waals surface area contributed by atoms with Crippen molar-refractivity contribution in [3.8, 4) is 0 Å². The van der Waals surface area contributed by atoms with Gasteiger partial charge in [-0.05, 0) is 37.1 Å². The molecule has 0 unspecified atom stereocenters. The number of nitrogens with zero attached hydrogens (tertiary/aromatic N) is 2. The molecule has 134 valence electrons. The molecule has 25 heavy (non-hydrogen) atoms. The number of aromatic nitrogens is 1. The SMILES string of the molecule is CN(Cc1ccoc1)C(=O)c1ccc2n(c1=O)C[C@@H]1CNC[C@H]2C1.Cl. The molecule has 0 aliphatic carbocycles. The Morgan fingerprint density at radius 3 is 2.96 bits per heavy atom. The highest BCUT2D eigenvalue weighted by Crippen LogP contribution is 2.31. The molecule has 6 nitrogen and oxygen atoms in total. The van der Waals surface area contributed by atoms with Crippen molar-refractivity contribution in [2.45, 2.75) is 25.4 Å². The first-order chi connectivity index (χ1) is 11.6. The first-order valence-electron chi connectivity index (χ1n) is 8.34. The lowest BCUT2D eigenvalue weighted by molar-refractivity contribution is 0.0781. The number of nitrogens with one attached hydrogen (secondary N) is 1. The maximum absolute atomic E-state index is 12.9. The average molecular weight is 364 g/mol. The third kappa shape index (κ3) is 3.24. The summed E-state index contributed by atoms with van der Waals surface area (Å²) >= 11 is 0. The van der Waals surface area contributed by atoms with Crippen LogP contribution < -0.4 is 10.9 Å². The van der Waals surface area contributed by atoms with Crippen molar-refractivity contribution in [1.29, 1.82) is 0 Å². The van der Waals surface area contributed by atoms with Gasteiger partial charge in [-0.2, -0.15) is 0 Å². The molecule has 2 aromatic rings. The van der Waals surface area contributed by atoms with Crippen molar-refractivity contribution in [2.75, 3.05) is 20.1 Å². The number of furan rings is 1. The van der Waals surface area contributed by atoms with Gasteiger partial charge in [0.1, 0.15) is 5.56 Å². The van der Waals surface area contributed by atoms with Gasteiger partial charge < -0.3 is 19.2 Å². The van der Waals surface area contributed by atoms with Gasteiger partial charge in [0, 0.05) is 43.9 Å². The second-order valence-electron chi connectivity index (χ2n) is 6.84. The van der Waals surface area contributed by atoms with Crippen molar-refractivity contribution >= 4 is 18.3 Å². The minimum atomic E-state index is -0.245. The van der Waals surface area contributed by atoms with Crippen LogP contribution in [0, 0.1) is 5.92 Å². The predicted octanol–water partition coefficient (Wildman–Crippen LogP) is 1.84. The number of hydrogen-bond acceptors (Lipinski definition) is 4. The normalized spacial score (nSPS) is 21.2. The maximum atomic E-state index is 12.9. The number of pyridine rings is 1. The van der Waals surface area contributed by atoms with Crippen LogP contribution in [0.25, 0.3) is 0 Å². The Balaban J connectivity index is 0.00000182. The molecule has 1 saturated heterocycles. The summed E-state index contributed by atoms with van der Waals surface area (Å²) in [6.45, 7) is 2.97. The molecule has 0 spiro atoms. The highest BCUT2D eigenvalue weighted by molar-refractivity contribution is 5.93. The van der Waals surface area contributed by atoms with E-state index in [2.05, 4.69) is 5.32 Å². The van der Waals surface area contributed by atoms with Gasteiger partial charge in [0.15, 0.2) is 0 Å². The van der Waals surface area contributed by atoms with Crippen LogP contribution in [0.2, 0.25) is 0 Å². The summed E-state index contributed by atoms with van der Waals surface area (Å²) in [6.07, 6.45) is 4.31. The van der Waals surface area contributed by atoms with E-state index >= 15 is 0 Å². The predicted molar refractivity (Wildman–Crippen MR) is 96.2 cm³/mol. The quantitative estimate of drug-likeness (QED) is 0.903. The lowest BCUT2D eigenvalue weighted by Crippen LogP contribution is -2.46. The molecule has 4 rings (SSSR count). The Kier molecular flexibility index (Phi) is 5.01. The van der Waals surface area contributed by atoms with Gasteiger partial charge >= 0.3 is 0 Å². The fraction of sp³-hybridized carbons (Fsp3) is 0.444. The molecule has 2 atom stereocenters. The summed E-state index contributed by atoms with van der Waals surface area (Å²) in [5.41, 5.74) is 2.05. The second kappa shape index (κ2) is 7.06. The lowest BCUT2D eigenvalue weighted by Gasteiger charge is -2.37. The summed E-state index contributed by atoms with van der Waals surface area (Å²) in [6, 6.07) is 5.46. The van der Waals surface area contributed by atoms with Crippen LogP contribution in [0.5, 0.6) is 0 Å². The van der Waals surface area contributed by atoms with E-state index in [1.54, 1.807) is 30.5 Å². The number of halogens is 1. The highest BCUT2D eigenvalue weighted by atomic mass is 35.5. The Labute approximate surface area is 152 Å². The summed E-state index contributed by atoms with van der Waals surface area (Å²) in [5, 5.41) is 3.43. The van der Waals surface area contributed by atoms with Gasteiger partial charge in [0.25, 0.3) is 11.5 Å². The molecular formula is C18H22ClN3O3. The van der Waals surface area contributed by atoms with Gasteiger partial charge in [-0.3, -0.25) is 9.59 Å². The first-order valence-corrected chi connectivity index (χ1v) is 8.34. The maximum Gasteiger partial charge on any atom is 0.263 e. The van der Waals surface area contributed by atoms with Crippen molar-refractivity contribution < 1.29 is 9.21 Å². The summed E-state index contributed by atoms with van der Waals surface area (Å²) in [7, 11) is 1.71. The Bertz CT molecular complexity index is 815. The Hall–Kier alpha value is -2.05. The largest absolute Gasteiger partial charge is 0.472 e. The number of piperidine rings is 1. The zero-order chi connectivity index (χ0) is 16.7. The third-order valence-electron chi connectivity index (χ3n) is 5.09. The van der Waals surface area contributed by atoms with Crippen LogP contribution >= 0.6 is 12.4 Å². The fourth-order valence-electron chi connectivity index (χ4n) is 3.89. The van der Waals surface area contributed by atoms with Crippen molar-refractivity contribution in [3.05, 3.63) is 57.9 Å². The molecule has 2 aliphatic rings. The van der Waals surface area contributed by atoms with Crippen LogP contribution in [0.4, 0.5) is 0 Å². The highest BCUT2D eigenvalue weighted by Gasteiger charge is 2.32. The van der Waals surface area contributed by atoms with Gasteiger partial charge in [0.2, 0.25) is 0 Å². The summed E-state index contributed by atoms with van der Waals surface area (Å²) in [5.74, 6) is 0.603. The van der Waals surface area contributed by atoms with Crippen LogP contribution in [0.3, 0.4) is 0 Å². The van der Waals surface area contributed by atoms with Gasteiger partial charge in [-0.1, -0.05) is 0 Å². The molecule has 1 N–H and O–H groups in total. The van der Waals surface area contributed by atoms with Crippen molar-refractivity contribution in [2.24, 2.45) is 5.92 Å². The third-order valence-corrected chi connectivity index (χ3v) is 5.09. The molecule has 1 amide bonds. The van der Waals surface area contributed by atoms with E-state index < -0.39 is 0 Å². The van der Waals surface area contributed by atoms with Crippen LogP contribution in [0.15, 0.2) is 39.9 Å². The summed E-state index contributed by atoms with van der Waals surface area (Å²) in [4.78, 5) is 27.1. The van der Waals surface area contributed by atoms with Crippen molar-refractivity contribution in [1.82, 2.24) is 14.8 Å². The molecule has 0 radical (unpaired) electrons. The number of rotatable bonds is 3. The number of hydrogen-bond donors (Lipinski definition) is 1. The second-order valence-corrected chi connectivity index (χ2v) is 6.84. The Morgan fingerprint density at radius 2 is 2.20 bits per heavy atom. The lowest BCUT2D eigenvalue weighted by atomic mass is 9.84. The molecule has 2 aliphatic heterocycles. The molecule has 1 fully saturated rings. The van der Waals surface area contributed by atoms with Crippen LogP contribution in [-0.2, 0) is 13.1 Å². The van der Waals surface area contributed by atoms with E-state index in [0.717, 1.165) is 30.8 Å². The topological polar surface area (TPSA) is 67.5 Å². The molecule has 2 bridgehead atoms. The molecule has 0 saturated carbocycles. The molecule has 0 aromatic carbocycles. The van der Waals surface area contributed by atoms with Crippen molar-refractivity contribution in [3.63, 3.8) is 0 Å². The number of carbonyl (C=O) groups is 1. The van der Waals surface area contributed by atoms with E-state index in [4.69, 9.17) is 4.42 Å². The average Bonchev–Trinajstić information content (AvgIpc) is 3.08. The standard InChI is InChI=1S/C18H21N3O3.ClH/c1-20(9-12-4-5-24-11-12)17(22)15-2-3-16-14-6-13(7-19-8-14)10-21(16)18(15)23;/h2-5,11,13-14,19H,6-10H2,1H3;1H/t13-,14+;/m0./s1. The van der Waals surface area contributed by atoms with E-state index in [0.29, 0.717) is 24.9 Å². The molecular weight excluding hydrogens is 342 g/mol. The number of amides is 1. The number of carbonyl (C=O) groups excluding carboxylic acids is 1. The van der Waals surface area contributed by atoms with Crippen LogP contribution in [-0.4, -0.2) is 35.5 Å². The van der Waals surface area contributed by atoms with Gasteiger partial charge in [-0.25, -0.2) is 0 Å². The zero-order valence-electron chi connectivity index (χ0n) is 14.1. The van der Waals surface area contributed by atoms with E-state index in [-0.39, 0.29) is 29.4 Å². The fourth-order valence-corrected chi connectivity index (χ4v) is 3.89. The van der Waals surface area contributed by atoms with Gasteiger partial charge in [0.05, 0.1) is 12.5 Å². The first kappa shape index (κ1) is 17.8. The molecule has 4 heterocycles. The van der Waals surface area contributed by atoms with Gasteiger partial charge in [-0.15, -0.1) is 12.4 Å². The molecule has 7 heteroatoms. The zero-order valence-corrected chi connectivity index (χ0v) is 14.9. The van der Waals surface area contributed by atoms with Crippen LogP contribution in [0.1, 0.15) is 34.0 Å². The molecule has 2 aromatic heterocycles. The Morgan fingerprint density at radius 1 is 1.36 bits per heavy atom. The van der Waals surface area contributed by atoms with E-state index in [1.165, 1.54) is 0 Å². The van der Waals surface area contributed by atoms with E-state index in [9.17, 15) is 9.59 Å². The minimum Gasteiger partial charge on any atom is -0.472 e. The minimum absolute atomic E-state index is 0. The number of fused-ring (bicyclic) bond motifs is 4. The van der Waals surface area contributed by atoms with E-state index in [1.807, 2.05) is 16.7 Å².